The first-order valence-electron chi connectivity index (χ1n) is 13.0. The van der Waals surface area contributed by atoms with Gasteiger partial charge in [0.1, 0.15) is 12.4 Å². The molecule has 0 radical (unpaired) electrons. The minimum atomic E-state index is -1.46. The Morgan fingerprint density at radius 1 is 1.18 bits per heavy atom. The SMILES string of the molecule is CC.CC.Cc1cc2c(CN(N)/C=C(\N)CCN)c3c(nc2cc1F)-c1cc(C)c(COC(=O)O)c(=O)n1C3. The second-order valence-corrected chi connectivity index (χ2v) is 8.59. The molecule has 0 spiro atoms. The Morgan fingerprint density at radius 3 is 2.46 bits per heavy atom. The lowest BCUT2D eigenvalue weighted by Crippen LogP contribution is -2.27. The predicted molar refractivity (Wildman–Crippen MR) is 151 cm³/mol. The highest BCUT2D eigenvalue weighted by atomic mass is 19.1. The first kappa shape index (κ1) is 31.3. The normalized spacial score (nSPS) is 11.6. The number of benzene rings is 1. The Balaban J connectivity index is 0.00000127. The van der Waals surface area contributed by atoms with Gasteiger partial charge in [0.25, 0.3) is 5.56 Å². The van der Waals surface area contributed by atoms with Crippen LogP contribution in [0.5, 0.6) is 0 Å². The van der Waals surface area contributed by atoms with E-state index in [2.05, 4.69) is 4.74 Å². The van der Waals surface area contributed by atoms with Gasteiger partial charge in [-0.3, -0.25) is 4.79 Å². The van der Waals surface area contributed by atoms with Crippen LogP contribution in [0.1, 0.15) is 61.9 Å². The predicted octanol–water partition coefficient (Wildman–Crippen LogP) is 4.25. The van der Waals surface area contributed by atoms with E-state index in [-0.39, 0.29) is 36.6 Å². The molecule has 1 aliphatic rings. The van der Waals surface area contributed by atoms with Crippen molar-refractivity contribution in [3.05, 3.63) is 74.1 Å². The number of aryl methyl sites for hydroxylation is 2. The molecule has 0 saturated heterocycles. The molecule has 4 rings (SSSR count). The van der Waals surface area contributed by atoms with Gasteiger partial charge in [0.2, 0.25) is 0 Å². The van der Waals surface area contributed by atoms with Gasteiger partial charge in [-0.2, -0.15) is 0 Å². The largest absolute Gasteiger partial charge is 0.506 e. The fourth-order valence-corrected chi connectivity index (χ4v) is 4.37. The lowest BCUT2D eigenvalue weighted by atomic mass is 9.98. The molecule has 1 aromatic carbocycles. The number of pyridine rings is 2. The number of hydrogen-bond donors (Lipinski definition) is 4. The maximum absolute atomic E-state index is 14.4. The first-order chi connectivity index (χ1) is 18.6. The molecule has 0 saturated carbocycles. The van der Waals surface area contributed by atoms with Crippen molar-refractivity contribution in [1.82, 2.24) is 14.6 Å². The van der Waals surface area contributed by atoms with Gasteiger partial charge in [-0.05, 0) is 49.2 Å². The lowest BCUT2D eigenvalue weighted by molar-refractivity contribution is 0.0848. The standard InChI is InChI=1S/C24H27FN6O4.2C2H6/c1-12-6-21-22-17(10-31(21)23(32)18(12)11-35-24(33)34)16(9-30(28)8-14(27)3-4-26)15-5-13(2)19(25)7-20(15)29-22;2*1-2/h5-8H,3-4,9-11,26-28H2,1-2H3,(H,33,34);2*1-2H3/b14-8-;;. The molecule has 0 unspecified atom stereocenters. The number of hydrogen-bond acceptors (Lipinski definition) is 8. The van der Waals surface area contributed by atoms with Crippen LogP contribution in [0.2, 0.25) is 0 Å². The van der Waals surface area contributed by atoms with Gasteiger partial charge in [0, 0.05) is 35.3 Å². The fraction of sp³-hybridized carbons (Fsp3) is 0.393. The van der Waals surface area contributed by atoms with E-state index in [0.717, 1.165) is 16.5 Å². The number of fused-ring (bicyclic) bond motifs is 4. The molecule has 0 fully saturated rings. The third-order valence-corrected chi connectivity index (χ3v) is 6.11. The van der Waals surface area contributed by atoms with Crippen molar-refractivity contribution in [2.75, 3.05) is 6.54 Å². The minimum absolute atomic E-state index is 0.203. The molecule has 3 heterocycles. The van der Waals surface area contributed by atoms with E-state index in [4.69, 9.17) is 27.4 Å². The molecule has 0 atom stereocenters. The van der Waals surface area contributed by atoms with Crippen LogP contribution in [-0.2, 0) is 24.4 Å². The van der Waals surface area contributed by atoms with Crippen LogP contribution in [0.3, 0.4) is 0 Å². The smallest absolute Gasteiger partial charge is 0.450 e. The second kappa shape index (κ2) is 13.7. The summed E-state index contributed by atoms with van der Waals surface area (Å²) in [5, 5.41) is 11.0. The van der Waals surface area contributed by atoms with Crippen LogP contribution in [0.4, 0.5) is 9.18 Å². The molecule has 0 bridgehead atoms. The quantitative estimate of drug-likeness (QED) is 0.152. The fourth-order valence-electron chi connectivity index (χ4n) is 4.37. The zero-order chi connectivity index (χ0) is 29.4. The van der Waals surface area contributed by atoms with E-state index in [1.165, 1.54) is 15.6 Å². The summed E-state index contributed by atoms with van der Waals surface area (Å²) in [6, 6.07) is 4.86. The van der Waals surface area contributed by atoms with Gasteiger partial charge in [0.15, 0.2) is 0 Å². The Labute approximate surface area is 227 Å². The van der Waals surface area contributed by atoms with E-state index in [1.54, 1.807) is 32.2 Å². The Morgan fingerprint density at radius 2 is 1.85 bits per heavy atom. The average molecular weight is 543 g/mol. The Hall–Kier alpha value is -3.96. The molecule has 1 aliphatic heterocycles. The average Bonchev–Trinajstić information content (AvgIpc) is 3.25. The van der Waals surface area contributed by atoms with Crippen LogP contribution in [0.15, 0.2) is 34.9 Å². The van der Waals surface area contributed by atoms with Gasteiger partial charge in [-0.25, -0.2) is 20.0 Å². The van der Waals surface area contributed by atoms with Crippen LogP contribution in [-0.4, -0.2) is 32.4 Å². The minimum Gasteiger partial charge on any atom is -0.450 e. The third-order valence-electron chi connectivity index (χ3n) is 6.11. The van der Waals surface area contributed by atoms with Gasteiger partial charge in [0.05, 0.1) is 35.6 Å². The highest BCUT2D eigenvalue weighted by molar-refractivity contribution is 5.88. The summed E-state index contributed by atoms with van der Waals surface area (Å²) in [7, 11) is 0. The maximum Gasteiger partial charge on any atom is 0.506 e. The zero-order valence-electron chi connectivity index (χ0n) is 23.5. The van der Waals surface area contributed by atoms with Crippen LogP contribution in [0.25, 0.3) is 22.3 Å². The van der Waals surface area contributed by atoms with Crippen LogP contribution in [0, 0.1) is 19.7 Å². The third kappa shape index (κ3) is 6.73. The molecule has 39 heavy (non-hydrogen) atoms. The molecule has 2 aromatic heterocycles. The highest BCUT2D eigenvalue weighted by Crippen LogP contribution is 2.37. The number of ether oxygens (including phenoxy) is 1. The van der Waals surface area contributed by atoms with Crippen molar-refractivity contribution >= 4 is 17.1 Å². The van der Waals surface area contributed by atoms with Gasteiger partial charge < -0.3 is 30.9 Å². The monoisotopic (exact) mass is 542 g/mol. The summed E-state index contributed by atoms with van der Waals surface area (Å²) in [5.41, 5.74) is 16.1. The second-order valence-electron chi connectivity index (χ2n) is 8.59. The molecular weight excluding hydrogens is 503 g/mol. The number of aromatic nitrogens is 2. The summed E-state index contributed by atoms with van der Waals surface area (Å²) < 4.78 is 20.6. The van der Waals surface area contributed by atoms with Gasteiger partial charge in [-0.15, -0.1) is 0 Å². The number of carboxylic acid groups (broad SMARTS) is 1. The molecule has 10 nitrogen and oxygen atoms in total. The number of hydrazine groups is 1. The van der Waals surface area contributed by atoms with E-state index in [0.29, 0.717) is 46.7 Å². The summed E-state index contributed by atoms with van der Waals surface area (Å²) >= 11 is 0. The first-order valence-corrected chi connectivity index (χ1v) is 13.0. The topological polar surface area (TPSA) is 163 Å². The summed E-state index contributed by atoms with van der Waals surface area (Å²) in [6.07, 6.45) is 0.617. The van der Waals surface area contributed by atoms with Gasteiger partial charge >= 0.3 is 6.16 Å². The molecule has 11 heteroatoms. The maximum atomic E-state index is 14.4. The van der Waals surface area contributed by atoms with Crippen molar-refractivity contribution in [2.24, 2.45) is 17.3 Å². The van der Waals surface area contributed by atoms with Crippen molar-refractivity contribution in [1.29, 1.82) is 0 Å². The van der Waals surface area contributed by atoms with Crippen LogP contribution < -0.4 is 22.9 Å². The highest BCUT2D eigenvalue weighted by Gasteiger charge is 2.28. The van der Waals surface area contributed by atoms with Gasteiger partial charge in [-0.1, -0.05) is 27.7 Å². The molecule has 3 aromatic rings. The summed E-state index contributed by atoms with van der Waals surface area (Å²) in [5.74, 6) is 5.85. The zero-order valence-corrected chi connectivity index (χ0v) is 23.5. The lowest BCUT2D eigenvalue weighted by Gasteiger charge is -2.19. The van der Waals surface area contributed by atoms with E-state index in [1.807, 2.05) is 27.7 Å². The van der Waals surface area contributed by atoms with E-state index < -0.39 is 6.16 Å². The number of halogens is 1. The number of carbonyl (C=O) groups is 1. The molecule has 7 N–H and O–H groups in total. The Bertz CT molecular complexity index is 1430. The number of nitrogens with two attached hydrogens (primary N) is 3. The molecule has 212 valence electrons. The molecule has 0 amide bonds. The van der Waals surface area contributed by atoms with E-state index in [9.17, 15) is 14.0 Å². The number of nitrogens with zero attached hydrogens (tertiary/aromatic N) is 3. The van der Waals surface area contributed by atoms with Crippen molar-refractivity contribution < 1.29 is 19.0 Å². The van der Waals surface area contributed by atoms with Crippen LogP contribution >= 0.6 is 0 Å². The van der Waals surface area contributed by atoms with Crippen molar-refractivity contribution in [2.45, 2.75) is 67.7 Å². The van der Waals surface area contributed by atoms with Crippen molar-refractivity contribution in [3.63, 3.8) is 0 Å². The van der Waals surface area contributed by atoms with Crippen molar-refractivity contribution in [3.8, 4) is 11.4 Å². The Kier molecular flexibility index (Phi) is 11.0. The summed E-state index contributed by atoms with van der Waals surface area (Å²) in [6.45, 7) is 11.8. The summed E-state index contributed by atoms with van der Waals surface area (Å²) in [4.78, 5) is 28.8. The number of rotatable bonds is 7. The molecular formula is C28H39FN6O4. The van der Waals surface area contributed by atoms with E-state index >= 15 is 0 Å². The molecule has 0 aliphatic carbocycles.